The van der Waals surface area contributed by atoms with Crippen molar-refractivity contribution in [2.75, 3.05) is 33.2 Å². The van der Waals surface area contributed by atoms with E-state index < -0.39 is 0 Å². The van der Waals surface area contributed by atoms with E-state index >= 15 is 0 Å². The highest BCUT2D eigenvalue weighted by atomic mass is 16.1. The van der Waals surface area contributed by atoms with Crippen molar-refractivity contribution >= 4 is 5.91 Å². The van der Waals surface area contributed by atoms with Crippen LogP contribution in [0.3, 0.4) is 0 Å². The minimum atomic E-state index is 0.227. The van der Waals surface area contributed by atoms with Crippen molar-refractivity contribution < 1.29 is 4.79 Å². The van der Waals surface area contributed by atoms with Gasteiger partial charge in [-0.15, -0.1) is 0 Å². The van der Waals surface area contributed by atoms with E-state index in [1.807, 2.05) is 0 Å². The molecule has 0 spiro atoms. The van der Waals surface area contributed by atoms with E-state index in [2.05, 4.69) is 36.4 Å². The first-order valence-electron chi connectivity index (χ1n) is 6.30. The fourth-order valence-electron chi connectivity index (χ4n) is 1.84. The molecule has 0 aromatic carbocycles. The first kappa shape index (κ1) is 13.5. The molecule has 0 aromatic heterocycles. The molecule has 1 aliphatic rings. The lowest BCUT2D eigenvalue weighted by atomic mass is 9.97. The first-order chi connectivity index (χ1) is 7.61. The Balaban J connectivity index is 2.14. The minimum absolute atomic E-state index is 0.227. The maximum absolute atomic E-state index is 11.8. The van der Waals surface area contributed by atoms with Crippen LogP contribution in [0, 0.1) is 5.92 Å². The average molecular weight is 227 g/mol. The first-order valence-corrected chi connectivity index (χ1v) is 6.30. The lowest BCUT2D eigenvalue weighted by molar-refractivity contribution is -0.125. The lowest BCUT2D eigenvalue weighted by Gasteiger charge is -2.24. The zero-order valence-corrected chi connectivity index (χ0v) is 10.8. The number of nitrogens with zero attached hydrogens (tertiary/aromatic N) is 1. The topological polar surface area (TPSA) is 44.4 Å². The van der Waals surface area contributed by atoms with Gasteiger partial charge in [-0.25, -0.2) is 0 Å². The van der Waals surface area contributed by atoms with E-state index in [4.69, 9.17) is 0 Å². The zero-order chi connectivity index (χ0) is 12.0. The van der Waals surface area contributed by atoms with Gasteiger partial charge in [0.25, 0.3) is 0 Å². The van der Waals surface area contributed by atoms with Crippen molar-refractivity contribution in [3.05, 3.63) is 0 Å². The molecule has 0 bridgehead atoms. The van der Waals surface area contributed by atoms with Gasteiger partial charge in [0, 0.05) is 25.0 Å². The van der Waals surface area contributed by atoms with E-state index in [-0.39, 0.29) is 11.8 Å². The summed E-state index contributed by atoms with van der Waals surface area (Å²) in [6.45, 7) is 7.96. The molecule has 4 nitrogen and oxygen atoms in total. The van der Waals surface area contributed by atoms with Crippen LogP contribution < -0.4 is 10.6 Å². The number of likely N-dealkylation sites (N-methyl/N-ethyl adjacent to an activating group) is 1. The molecule has 94 valence electrons. The number of nitrogens with one attached hydrogen (secondary N) is 2. The van der Waals surface area contributed by atoms with E-state index in [9.17, 15) is 4.79 Å². The summed E-state index contributed by atoms with van der Waals surface area (Å²) >= 11 is 0. The number of carbonyl (C=O) groups is 1. The Hall–Kier alpha value is -0.610. The maximum Gasteiger partial charge on any atom is 0.223 e. The van der Waals surface area contributed by atoms with Gasteiger partial charge in [0.05, 0.1) is 0 Å². The van der Waals surface area contributed by atoms with Gasteiger partial charge >= 0.3 is 0 Å². The second-order valence-corrected chi connectivity index (χ2v) is 4.89. The van der Waals surface area contributed by atoms with Crippen LogP contribution in [0.4, 0.5) is 0 Å². The standard InChI is InChI=1S/C12H25N3O/c1-10(2)15(3)9-8-14-12(16)11-4-6-13-7-5-11/h10-11,13H,4-9H2,1-3H3,(H,14,16). The van der Waals surface area contributed by atoms with Gasteiger partial charge in [-0.3, -0.25) is 4.79 Å². The summed E-state index contributed by atoms with van der Waals surface area (Å²) in [6.07, 6.45) is 1.96. The van der Waals surface area contributed by atoms with Gasteiger partial charge in [-0.1, -0.05) is 0 Å². The second kappa shape index (κ2) is 6.86. The Kier molecular flexibility index (Phi) is 5.77. The summed E-state index contributed by atoms with van der Waals surface area (Å²) in [5.41, 5.74) is 0. The molecule has 1 saturated heterocycles. The molecule has 16 heavy (non-hydrogen) atoms. The molecule has 4 heteroatoms. The number of hydrogen-bond acceptors (Lipinski definition) is 3. The molecule has 1 aliphatic heterocycles. The van der Waals surface area contributed by atoms with Gasteiger partial charge in [-0.2, -0.15) is 0 Å². The van der Waals surface area contributed by atoms with Crippen molar-refractivity contribution in [3.8, 4) is 0 Å². The number of amides is 1. The van der Waals surface area contributed by atoms with Crippen LogP contribution in [0.2, 0.25) is 0 Å². The third-order valence-corrected chi connectivity index (χ3v) is 3.36. The van der Waals surface area contributed by atoms with Crippen LogP contribution in [-0.2, 0) is 4.79 Å². The van der Waals surface area contributed by atoms with Gasteiger partial charge < -0.3 is 15.5 Å². The number of piperidine rings is 1. The lowest BCUT2D eigenvalue weighted by Crippen LogP contribution is -2.41. The number of rotatable bonds is 5. The monoisotopic (exact) mass is 227 g/mol. The quantitative estimate of drug-likeness (QED) is 0.716. The Morgan fingerprint density at radius 3 is 2.62 bits per heavy atom. The highest BCUT2D eigenvalue weighted by Crippen LogP contribution is 2.10. The van der Waals surface area contributed by atoms with Crippen molar-refractivity contribution in [2.24, 2.45) is 5.92 Å². The van der Waals surface area contributed by atoms with Crippen molar-refractivity contribution in [1.29, 1.82) is 0 Å². The van der Waals surface area contributed by atoms with Crippen LogP contribution in [0.25, 0.3) is 0 Å². The molecule has 0 atom stereocenters. The third-order valence-electron chi connectivity index (χ3n) is 3.36. The zero-order valence-electron chi connectivity index (χ0n) is 10.8. The summed E-state index contributed by atoms with van der Waals surface area (Å²) in [4.78, 5) is 14.0. The Labute approximate surface area is 98.8 Å². The van der Waals surface area contributed by atoms with E-state index in [1.165, 1.54) is 0 Å². The molecule has 1 heterocycles. The molecule has 0 unspecified atom stereocenters. The Morgan fingerprint density at radius 2 is 2.06 bits per heavy atom. The summed E-state index contributed by atoms with van der Waals surface area (Å²) < 4.78 is 0. The third kappa shape index (κ3) is 4.49. The highest BCUT2D eigenvalue weighted by Gasteiger charge is 2.20. The predicted octanol–water partition coefficient (Wildman–Crippen LogP) is 0.442. The van der Waals surface area contributed by atoms with E-state index in [0.29, 0.717) is 6.04 Å². The van der Waals surface area contributed by atoms with Crippen LogP contribution in [-0.4, -0.2) is 50.1 Å². The molecular formula is C12H25N3O. The molecular weight excluding hydrogens is 202 g/mol. The molecule has 0 aliphatic carbocycles. The molecule has 2 N–H and O–H groups in total. The predicted molar refractivity (Wildman–Crippen MR) is 66.4 cm³/mol. The number of carbonyl (C=O) groups excluding carboxylic acids is 1. The molecule has 1 rings (SSSR count). The van der Waals surface area contributed by atoms with Gasteiger partial charge in [0.1, 0.15) is 0 Å². The summed E-state index contributed by atoms with van der Waals surface area (Å²) in [7, 11) is 2.08. The second-order valence-electron chi connectivity index (χ2n) is 4.89. The van der Waals surface area contributed by atoms with Crippen molar-refractivity contribution in [3.63, 3.8) is 0 Å². The summed E-state index contributed by atoms with van der Waals surface area (Å²) in [6, 6.07) is 0.538. The van der Waals surface area contributed by atoms with Crippen LogP contribution in [0.5, 0.6) is 0 Å². The van der Waals surface area contributed by atoms with Crippen molar-refractivity contribution in [1.82, 2.24) is 15.5 Å². The van der Waals surface area contributed by atoms with E-state index in [1.54, 1.807) is 0 Å². The molecule has 1 fully saturated rings. The fraction of sp³-hybridized carbons (Fsp3) is 0.917. The summed E-state index contributed by atoms with van der Waals surface area (Å²) in [5.74, 6) is 0.462. The minimum Gasteiger partial charge on any atom is -0.355 e. The van der Waals surface area contributed by atoms with Crippen molar-refractivity contribution in [2.45, 2.75) is 32.7 Å². The maximum atomic E-state index is 11.8. The van der Waals surface area contributed by atoms with Gasteiger partial charge in [-0.05, 0) is 46.8 Å². The van der Waals surface area contributed by atoms with Gasteiger partial charge in [0.2, 0.25) is 5.91 Å². The Morgan fingerprint density at radius 1 is 1.44 bits per heavy atom. The molecule has 0 aromatic rings. The van der Waals surface area contributed by atoms with Gasteiger partial charge in [0.15, 0.2) is 0 Å². The molecule has 0 radical (unpaired) electrons. The number of hydrogen-bond donors (Lipinski definition) is 2. The normalized spacial score (nSPS) is 18.1. The average Bonchev–Trinajstić information content (AvgIpc) is 2.29. The molecule has 1 amide bonds. The largest absolute Gasteiger partial charge is 0.355 e. The van der Waals surface area contributed by atoms with Crippen LogP contribution >= 0.6 is 0 Å². The fourth-order valence-corrected chi connectivity index (χ4v) is 1.84. The summed E-state index contributed by atoms with van der Waals surface area (Å²) in [5, 5.41) is 6.30. The highest BCUT2D eigenvalue weighted by molar-refractivity contribution is 5.78. The Bertz CT molecular complexity index is 212. The smallest absolute Gasteiger partial charge is 0.223 e. The van der Waals surface area contributed by atoms with Crippen LogP contribution in [0.15, 0.2) is 0 Å². The molecule has 0 saturated carbocycles. The van der Waals surface area contributed by atoms with Crippen LogP contribution in [0.1, 0.15) is 26.7 Å². The van der Waals surface area contributed by atoms with E-state index in [0.717, 1.165) is 39.0 Å². The SMILES string of the molecule is CC(C)N(C)CCNC(=O)C1CCNCC1.